The van der Waals surface area contributed by atoms with Crippen LogP contribution in [-0.4, -0.2) is 58.6 Å². The smallest absolute Gasteiger partial charge is 0.410 e. The molecule has 1 aliphatic carbocycles. The van der Waals surface area contributed by atoms with E-state index in [1.165, 1.54) is 11.9 Å². The van der Waals surface area contributed by atoms with Crippen molar-refractivity contribution in [3.05, 3.63) is 65.4 Å². The first-order valence-corrected chi connectivity index (χ1v) is 14.6. The molecule has 1 aromatic heterocycles. The number of likely N-dealkylation sites (N-methyl/N-ethyl adjacent to an activating group) is 1. The average molecular weight is 583 g/mol. The molecule has 1 saturated carbocycles. The second kappa shape index (κ2) is 11.6. The Bertz CT molecular complexity index is 1620. The Balaban J connectivity index is 1.51. The molecule has 43 heavy (non-hydrogen) atoms. The summed E-state index contributed by atoms with van der Waals surface area (Å²) in [4.78, 5) is 48.2. The normalized spacial score (nSPS) is 19.0. The standard InChI is InChI=1S/C33H38N6O4/c1-19-29(37-30(40)20(2)38(6)32(42)43-33(3,4)5)31(41)39(28-14-11-21(16-34)15-27(28)36-19)18-25-23-9-7-8-10-26(23)35-17-24(25)22-12-13-22/h7-11,14-15,17,19-20,22,29,36H,12-13,18H2,1-6H3,(H,37,40)/t19-,20-,29-/m0/s1. The lowest BCUT2D eigenvalue weighted by Crippen LogP contribution is -2.58. The number of hydrogen-bond acceptors (Lipinski definition) is 7. The van der Waals surface area contributed by atoms with Gasteiger partial charge in [-0.2, -0.15) is 5.26 Å². The van der Waals surface area contributed by atoms with Crippen molar-refractivity contribution in [1.29, 1.82) is 5.26 Å². The Morgan fingerprint density at radius 3 is 2.63 bits per heavy atom. The summed E-state index contributed by atoms with van der Waals surface area (Å²) in [6, 6.07) is 12.9. The van der Waals surface area contributed by atoms with Crippen LogP contribution in [0.4, 0.5) is 16.2 Å². The number of nitrogens with one attached hydrogen (secondary N) is 2. The monoisotopic (exact) mass is 582 g/mol. The minimum atomic E-state index is -0.961. The lowest BCUT2D eigenvalue weighted by Gasteiger charge is -2.31. The van der Waals surface area contributed by atoms with E-state index in [1.54, 1.807) is 50.8 Å². The van der Waals surface area contributed by atoms with Crippen molar-refractivity contribution in [2.75, 3.05) is 17.3 Å². The molecule has 5 rings (SSSR count). The molecule has 224 valence electrons. The van der Waals surface area contributed by atoms with E-state index in [0.717, 1.165) is 34.9 Å². The summed E-state index contributed by atoms with van der Waals surface area (Å²) in [5.74, 6) is -0.394. The lowest BCUT2D eigenvalue weighted by atomic mass is 9.99. The highest BCUT2D eigenvalue weighted by atomic mass is 16.6. The van der Waals surface area contributed by atoms with Crippen LogP contribution in [0.1, 0.15) is 70.1 Å². The van der Waals surface area contributed by atoms with Gasteiger partial charge in [0.1, 0.15) is 17.7 Å². The molecule has 2 aliphatic rings. The van der Waals surface area contributed by atoms with Gasteiger partial charge < -0.3 is 20.3 Å². The highest BCUT2D eigenvalue weighted by molar-refractivity contribution is 6.04. The second-order valence-electron chi connectivity index (χ2n) is 12.4. The number of amides is 3. The molecule has 0 bridgehead atoms. The zero-order valence-electron chi connectivity index (χ0n) is 25.5. The van der Waals surface area contributed by atoms with Crippen molar-refractivity contribution >= 4 is 40.2 Å². The van der Waals surface area contributed by atoms with Gasteiger partial charge in [-0.15, -0.1) is 0 Å². The van der Waals surface area contributed by atoms with Crippen LogP contribution in [0.5, 0.6) is 0 Å². The summed E-state index contributed by atoms with van der Waals surface area (Å²) in [6.45, 7) is 8.94. The third-order valence-electron chi connectivity index (χ3n) is 8.03. The SMILES string of the molecule is C[C@@H]1Nc2cc(C#N)ccc2N(Cc2c(C3CC3)cnc3ccccc23)C(=O)[C@H]1NC(=O)[C@H](C)N(C)C(=O)OC(C)(C)C. The number of rotatable bonds is 6. The van der Waals surface area contributed by atoms with E-state index in [9.17, 15) is 19.6 Å². The summed E-state index contributed by atoms with van der Waals surface area (Å²) < 4.78 is 5.43. The van der Waals surface area contributed by atoms with Crippen molar-refractivity contribution in [2.45, 2.75) is 83.6 Å². The van der Waals surface area contributed by atoms with Gasteiger partial charge in [0.2, 0.25) is 5.91 Å². The molecule has 1 fully saturated rings. The highest BCUT2D eigenvalue weighted by Crippen LogP contribution is 2.44. The van der Waals surface area contributed by atoms with Crippen molar-refractivity contribution in [3.63, 3.8) is 0 Å². The first-order valence-electron chi connectivity index (χ1n) is 14.6. The van der Waals surface area contributed by atoms with Crippen LogP contribution in [0.25, 0.3) is 10.9 Å². The van der Waals surface area contributed by atoms with E-state index in [0.29, 0.717) is 22.9 Å². The Morgan fingerprint density at radius 1 is 1.23 bits per heavy atom. The summed E-state index contributed by atoms with van der Waals surface area (Å²) >= 11 is 0. The van der Waals surface area contributed by atoms with Gasteiger partial charge in [-0.1, -0.05) is 18.2 Å². The topological polar surface area (TPSA) is 128 Å². The highest BCUT2D eigenvalue weighted by Gasteiger charge is 2.39. The molecule has 3 aromatic rings. The summed E-state index contributed by atoms with van der Waals surface area (Å²) in [6.07, 6.45) is 3.43. The van der Waals surface area contributed by atoms with E-state index >= 15 is 0 Å². The molecule has 0 unspecified atom stereocenters. The largest absolute Gasteiger partial charge is 0.444 e. The van der Waals surface area contributed by atoms with E-state index < -0.39 is 35.7 Å². The molecule has 2 heterocycles. The molecule has 10 nitrogen and oxygen atoms in total. The molecule has 3 atom stereocenters. The maximum Gasteiger partial charge on any atom is 0.410 e. The maximum absolute atomic E-state index is 14.4. The van der Waals surface area contributed by atoms with Crippen molar-refractivity contribution in [2.24, 2.45) is 0 Å². The number of carbonyl (C=O) groups excluding carboxylic acids is 3. The van der Waals surface area contributed by atoms with Gasteiger partial charge in [0, 0.05) is 18.6 Å². The minimum Gasteiger partial charge on any atom is -0.444 e. The number of nitriles is 1. The van der Waals surface area contributed by atoms with Gasteiger partial charge >= 0.3 is 6.09 Å². The first kappa shape index (κ1) is 29.8. The molecule has 0 radical (unpaired) electrons. The molecule has 10 heteroatoms. The van der Waals surface area contributed by atoms with Crippen molar-refractivity contribution < 1.29 is 19.1 Å². The molecule has 2 N–H and O–H groups in total. The van der Waals surface area contributed by atoms with Crippen LogP contribution < -0.4 is 15.5 Å². The lowest BCUT2D eigenvalue weighted by molar-refractivity contribution is -0.130. The van der Waals surface area contributed by atoms with Crippen LogP contribution >= 0.6 is 0 Å². The number of ether oxygens (including phenoxy) is 1. The number of aromatic nitrogens is 1. The van der Waals surface area contributed by atoms with Crippen LogP contribution in [0.15, 0.2) is 48.7 Å². The molecular formula is C33H38N6O4. The number of benzene rings is 2. The van der Waals surface area contributed by atoms with Gasteiger partial charge in [0.25, 0.3) is 5.91 Å². The summed E-state index contributed by atoms with van der Waals surface area (Å²) in [7, 11) is 1.49. The van der Waals surface area contributed by atoms with Gasteiger partial charge in [0.05, 0.1) is 41.1 Å². The van der Waals surface area contributed by atoms with E-state index in [2.05, 4.69) is 21.7 Å². The fraction of sp³-hybridized carbons (Fsp3) is 0.424. The third-order valence-corrected chi connectivity index (χ3v) is 8.03. The Kier molecular flexibility index (Phi) is 8.02. The van der Waals surface area contributed by atoms with Gasteiger partial charge in [-0.3, -0.25) is 19.5 Å². The van der Waals surface area contributed by atoms with Crippen LogP contribution in [0.2, 0.25) is 0 Å². The first-order chi connectivity index (χ1) is 20.4. The second-order valence-corrected chi connectivity index (χ2v) is 12.4. The van der Waals surface area contributed by atoms with E-state index in [1.807, 2.05) is 37.4 Å². The van der Waals surface area contributed by atoms with Crippen molar-refractivity contribution in [3.8, 4) is 6.07 Å². The van der Waals surface area contributed by atoms with Crippen molar-refractivity contribution in [1.82, 2.24) is 15.2 Å². The van der Waals surface area contributed by atoms with Crippen LogP contribution in [0, 0.1) is 11.3 Å². The predicted molar refractivity (Wildman–Crippen MR) is 165 cm³/mol. The number of carbonyl (C=O) groups is 3. The number of para-hydroxylation sites is 1. The molecular weight excluding hydrogens is 544 g/mol. The van der Waals surface area contributed by atoms with Gasteiger partial charge in [0.15, 0.2) is 0 Å². The molecule has 3 amide bonds. The number of nitrogens with zero attached hydrogens (tertiary/aromatic N) is 4. The zero-order chi connectivity index (χ0) is 31.1. The third kappa shape index (κ3) is 6.26. The molecule has 1 aliphatic heterocycles. The van der Waals surface area contributed by atoms with Crippen LogP contribution in [0.3, 0.4) is 0 Å². The minimum absolute atomic E-state index is 0.265. The number of pyridine rings is 1. The Hall–Kier alpha value is -4.65. The van der Waals surface area contributed by atoms with Gasteiger partial charge in [-0.25, -0.2) is 4.79 Å². The maximum atomic E-state index is 14.4. The zero-order valence-corrected chi connectivity index (χ0v) is 25.5. The number of hydrogen-bond donors (Lipinski definition) is 2. The Labute approximate surface area is 252 Å². The number of fused-ring (bicyclic) bond motifs is 2. The average Bonchev–Trinajstić information content (AvgIpc) is 3.82. The van der Waals surface area contributed by atoms with E-state index in [-0.39, 0.29) is 12.5 Å². The molecule has 2 aromatic carbocycles. The molecule has 0 saturated heterocycles. The van der Waals surface area contributed by atoms with Crippen LogP contribution in [-0.2, 0) is 20.9 Å². The summed E-state index contributed by atoms with van der Waals surface area (Å²) in [5, 5.41) is 16.8. The summed E-state index contributed by atoms with van der Waals surface area (Å²) in [5.41, 5.74) is 3.97. The quantitative estimate of drug-likeness (QED) is 0.415. The fourth-order valence-corrected chi connectivity index (χ4v) is 5.37. The fourth-order valence-electron chi connectivity index (χ4n) is 5.37. The molecule has 0 spiro atoms. The van der Waals surface area contributed by atoms with E-state index in [4.69, 9.17) is 4.74 Å². The number of anilines is 2. The Morgan fingerprint density at radius 2 is 1.95 bits per heavy atom. The predicted octanol–water partition coefficient (Wildman–Crippen LogP) is 5.07. The van der Waals surface area contributed by atoms with Gasteiger partial charge in [-0.05, 0) is 88.8 Å².